The Kier molecular flexibility index (Phi) is 3.28. The number of methoxy groups -OCH3 is 1. The molecule has 1 aliphatic heterocycles. The largest absolute Gasteiger partial charge is 0.497 e. The predicted molar refractivity (Wildman–Crippen MR) is 76.8 cm³/mol. The molecule has 0 unspecified atom stereocenters. The van der Waals surface area contributed by atoms with Crippen LogP contribution in [0.25, 0.3) is 0 Å². The highest BCUT2D eigenvalue weighted by Crippen LogP contribution is 2.48. The topological polar surface area (TPSA) is 66.8 Å². The van der Waals surface area contributed by atoms with E-state index in [2.05, 4.69) is 0 Å². The monoisotopic (exact) mass is 319 g/mol. The number of fused-ring (bicyclic) bond motifs is 1. The summed E-state index contributed by atoms with van der Waals surface area (Å²) in [6.45, 7) is 0. The number of rotatable bonds is 2. The summed E-state index contributed by atoms with van der Waals surface area (Å²) >= 11 is 0. The molecule has 1 atom stereocenters. The molecule has 0 fully saturated rings. The van der Waals surface area contributed by atoms with Gasteiger partial charge in [-0.05, 0) is 30.3 Å². The number of nitrogens with zero attached hydrogens (tertiary/aromatic N) is 1. The SMILES string of the molecule is COc1ccc2c(c1)[C@@](F)(c1ccc(F)cc1)C(=O)N2C(=O)O. The highest BCUT2D eigenvalue weighted by Gasteiger charge is 2.55. The average Bonchev–Trinajstić information content (AvgIpc) is 2.76. The second kappa shape index (κ2) is 5.05. The quantitative estimate of drug-likeness (QED) is 0.924. The van der Waals surface area contributed by atoms with Crippen molar-refractivity contribution >= 4 is 17.7 Å². The van der Waals surface area contributed by atoms with Crippen LogP contribution >= 0.6 is 0 Å². The first-order chi connectivity index (χ1) is 10.9. The van der Waals surface area contributed by atoms with Gasteiger partial charge in [-0.25, -0.2) is 18.5 Å². The summed E-state index contributed by atoms with van der Waals surface area (Å²) in [7, 11) is 1.37. The van der Waals surface area contributed by atoms with Gasteiger partial charge in [0.15, 0.2) is 0 Å². The zero-order chi connectivity index (χ0) is 16.8. The van der Waals surface area contributed by atoms with Crippen LogP contribution in [0.5, 0.6) is 5.75 Å². The molecule has 1 heterocycles. The minimum Gasteiger partial charge on any atom is -0.497 e. The Morgan fingerprint density at radius 1 is 1.22 bits per heavy atom. The average molecular weight is 319 g/mol. The molecule has 5 nitrogen and oxygen atoms in total. The van der Waals surface area contributed by atoms with Crippen LogP contribution in [0, 0.1) is 5.82 Å². The molecule has 0 saturated heterocycles. The number of benzene rings is 2. The van der Waals surface area contributed by atoms with Crippen LogP contribution in [-0.2, 0) is 10.5 Å². The van der Waals surface area contributed by atoms with Crippen LogP contribution in [0.1, 0.15) is 11.1 Å². The Balaban J connectivity index is 2.27. The Labute approximate surface area is 129 Å². The molecule has 0 saturated carbocycles. The van der Waals surface area contributed by atoms with Crippen LogP contribution < -0.4 is 9.64 Å². The second-order valence-corrected chi connectivity index (χ2v) is 4.97. The molecular weight excluding hydrogens is 308 g/mol. The van der Waals surface area contributed by atoms with Gasteiger partial charge in [0.1, 0.15) is 11.6 Å². The lowest BCUT2D eigenvalue weighted by Gasteiger charge is -2.19. The molecule has 0 radical (unpaired) electrons. The maximum atomic E-state index is 15.7. The number of alkyl halides is 1. The van der Waals surface area contributed by atoms with Gasteiger partial charge >= 0.3 is 6.09 Å². The maximum absolute atomic E-state index is 15.7. The van der Waals surface area contributed by atoms with Crippen molar-refractivity contribution in [2.75, 3.05) is 12.0 Å². The third kappa shape index (κ3) is 2.04. The van der Waals surface area contributed by atoms with E-state index in [1.807, 2.05) is 0 Å². The fraction of sp³-hybridized carbons (Fsp3) is 0.125. The van der Waals surface area contributed by atoms with E-state index in [1.165, 1.54) is 25.3 Å². The maximum Gasteiger partial charge on any atom is 0.418 e. The minimum atomic E-state index is -2.73. The van der Waals surface area contributed by atoms with Crippen LogP contribution in [0.2, 0.25) is 0 Å². The molecule has 7 heteroatoms. The number of halogens is 2. The highest BCUT2D eigenvalue weighted by atomic mass is 19.1. The number of carboxylic acid groups (broad SMARTS) is 1. The van der Waals surface area contributed by atoms with Crippen molar-refractivity contribution in [2.45, 2.75) is 5.67 Å². The number of hydrogen-bond acceptors (Lipinski definition) is 3. The van der Waals surface area contributed by atoms with Gasteiger partial charge in [-0.15, -0.1) is 0 Å². The number of carbonyl (C=O) groups is 2. The smallest absolute Gasteiger partial charge is 0.418 e. The van der Waals surface area contributed by atoms with Crippen molar-refractivity contribution < 1.29 is 28.2 Å². The Morgan fingerprint density at radius 2 is 1.87 bits per heavy atom. The van der Waals surface area contributed by atoms with Gasteiger partial charge in [-0.3, -0.25) is 4.79 Å². The van der Waals surface area contributed by atoms with Crippen molar-refractivity contribution in [1.29, 1.82) is 0 Å². The number of hydrogen-bond donors (Lipinski definition) is 1. The van der Waals surface area contributed by atoms with Gasteiger partial charge in [0.25, 0.3) is 5.91 Å². The van der Waals surface area contributed by atoms with Crippen LogP contribution in [-0.4, -0.2) is 24.2 Å². The van der Waals surface area contributed by atoms with Gasteiger partial charge in [0.05, 0.1) is 12.8 Å². The van der Waals surface area contributed by atoms with Gasteiger partial charge in [0, 0.05) is 11.1 Å². The fourth-order valence-electron chi connectivity index (χ4n) is 2.64. The number of anilines is 1. The van der Waals surface area contributed by atoms with E-state index in [9.17, 15) is 19.1 Å². The number of carbonyl (C=O) groups excluding carboxylic acids is 1. The first-order valence-electron chi connectivity index (χ1n) is 6.60. The van der Waals surface area contributed by atoms with Crippen molar-refractivity contribution in [3.05, 3.63) is 59.4 Å². The van der Waals surface area contributed by atoms with Crippen LogP contribution in [0.15, 0.2) is 42.5 Å². The molecule has 23 heavy (non-hydrogen) atoms. The number of ether oxygens (including phenoxy) is 1. The van der Waals surface area contributed by atoms with E-state index in [0.29, 0.717) is 4.90 Å². The minimum absolute atomic E-state index is 0.0878. The molecule has 0 aliphatic carbocycles. The van der Waals surface area contributed by atoms with Crippen molar-refractivity contribution in [2.24, 2.45) is 0 Å². The lowest BCUT2D eigenvalue weighted by Crippen LogP contribution is -2.40. The van der Waals surface area contributed by atoms with E-state index in [0.717, 1.165) is 24.3 Å². The fourth-order valence-corrected chi connectivity index (χ4v) is 2.64. The van der Waals surface area contributed by atoms with Crippen molar-refractivity contribution in [3.63, 3.8) is 0 Å². The molecule has 2 aromatic rings. The van der Waals surface area contributed by atoms with E-state index < -0.39 is 23.5 Å². The summed E-state index contributed by atoms with van der Waals surface area (Å²) < 4.78 is 33.8. The molecule has 2 aromatic carbocycles. The second-order valence-electron chi connectivity index (χ2n) is 4.97. The summed E-state index contributed by atoms with van der Waals surface area (Å²) in [5.74, 6) is -1.59. The lowest BCUT2D eigenvalue weighted by molar-refractivity contribution is -0.126. The Hall–Kier alpha value is -2.96. The van der Waals surface area contributed by atoms with Crippen LogP contribution in [0.4, 0.5) is 19.3 Å². The predicted octanol–water partition coefficient (Wildman–Crippen LogP) is 3.07. The van der Waals surface area contributed by atoms with E-state index in [4.69, 9.17) is 4.74 Å². The first kappa shape index (κ1) is 15.0. The summed E-state index contributed by atoms with van der Waals surface area (Å²) in [4.78, 5) is 24.1. The highest BCUT2D eigenvalue weighted by molar-refractivity contribution is 6.21. The normalized spacial score (nSPS) is 19.6. The summed E-state index contributed by atoms with van der Waals surface area (Å²) in [6.07, 6.45) is -1.59. The van der Waals surface area contributed by atoms with Gasteiger partial charge in [0.2, 0.25) is 5.67 Å². The van der Waals surface area contributed by atoms with E-state index >= 15 is 4.39 Å². The van der Waals surface area contributed by atoms with Gasteiger partial charge in [-0.2, -0.15) is 0 Å². The van der Waals surface area contributed by atoms with Crippen molar-refractivity contribution in [1.82, 2.24) is 0 Å². The van der Waals surface area contributed by atoms with Crippen molar-refractivity contribution in [3.8, 4) is 5.75 Å². The molecular formula is C16H11F2NO4. The zero-order valence-corrected chi connectivity index (χ0v) is 11.9. The lowest BCUT2D eigenvalue weighted by atomic mass is 9.89. The first-order valence-corrected chi connectivity index (χ1v) is 6.60. The standard InChI is InChI=1S/C16H11F2NO4/c1-23-11-6-7-13-12(8-11)16(18,14(20)19(13)15(21)22)9-2-4-10(17)5-3-9/h2-8H,1H3,(H,21,22)/t16-/m0/s1. The van der Waals surface area contributed by atoms with E-state index in [-0.39, 0.29) is 22.6 Å². The zero-order valence-electron chi connectivity index (χ0n) is 11.9. The summed E-state index contributed by atoms with van der Waals surface area (Å²) in [6, 6.07) is 8.23. The molecule has 0 bridgehead atoms. The summed E-state index contributed by atoms with van der Waals surface area (Å²) in [5, 5.41) is 9.23. The molecule has 1 aliphatic rings. The number of amides is 2. The van der Waals surface area contributed by atoms with Gasteiger partial charge in [-0.1, -0.05) is 12.1 Å². The molecule has 118 valence electrons. The van der Waals surface area contributed by atoms with Crippen LogP contribution in [0.3, 0.4) is 0 Å². The molecule has 1 N–H and O–H groups in total. The third-order valence-corrected chi connectivity index (χ3v) is 3.75. The molecule has 0 spiro atoms. The summed E-state index contributed by atoms with van der Waals surface area (Å²) in [5.41, 5.74) is -3.12. The van der Waals surface area contributed by atoms with E-state index in [1.54, 1.807) is 0 Å². The Morgan fingerprint density at radius 3 is 2.43 bits per heavy atom. The molecule has 3 rings (SSSR count). The molecule has 0 aromatic heterocycles. The van der Waals surface area contributed by atoms with Gasteiger partial charge < -0.3 is 9.84 Å². The number of imide groups is 1. The molecule has 2 amide bonds. The Bertz CT molecular complexity index is 806. The third-order valence-electron chi connectivity index (χ3n) is 3.75.